The monoisotopic (exact) mass is 225 g/mol. The molecule has 0 atom stereocenters. The van der Waals surface area contributed by atoms with Crippen LogP contribution in [0.5, 0.6) is 0 Å². The van der Waals surface area contributed by atoms with Crippen LogP contribution in [0.3, 0.4) is 0 Å². The lowest BCUT2D eigenvalue weighted by molar-refractivity contribution is 0.582. The van der Waals surface area contributed by atoms with Crippen molar-refractivity contribution in [1.29, 1.82) is 5.26 Å². The Labute approximate surface area is 88.6 Å². The molecule has 0 bridgehead atoms. The van der Waals surface area contributed by atoms with Crippen molar-refractivity contribution in [2.45, 2.75) is 11.3 Å². The van der Waals surface area contributed by atoms with Crippen molar-refractivity contribution in [2.24, 2.45) is 0 Å². The fourth-order valence-electron chi connectivity index (χ4n) is 0.972. The van der Waals surface area contributed by atoms with E-state index >= 15 is 0 Å². The normalized spacial score (nSPS) is 10.9. The Morgan fingerprint density at radius 1 is 1.33 bits per heavy atom. The minimum absolute atomic E-state index is 0.114. The summed E-state index contributed by atoms with van der Waals surface area (Å²) in [4.78, 5) is 0.148. The maximum atomic E-state index is 11.6. The van der Waals surface area contributed by atoms with E-state index in [2.05, 4.69) is 4.72 Å². The molecule has 0 heterocycles. The smallest absolute Gasteiger partial charge is 0.240 e. The van der Waals surface area contributed by atoms with Gasteiger partial charge in [0.15, 0.2) is 0 Å². The average molecular weight is 225 g/mol. The molecule has 0 amide bonds. The molecule has 0 aromatic heterocycles. The highest BCUT2D eigenvalue weighted by Gasteiger charge is 2.12. The van der Waals surface area contributed by atoms with Gasteiger partial charge in [0.05, 0.1) is 11.0 Å². The lowest BCUT2D eigenvalue weighted by atomic mass is 10.3. The number of rotatable bonds is 4. The molecule has 0 aliphatic heterocycles. The van der Waals surface area contributed by atoms with Gasteiger partial charge in [-0.1, -0.05) is 0 Å². The standard InChI is InChI=1S/C9H11N3O2S/c10-6-1-7-12-15(13,14)9-4-2-8(11)3-5-9/h2-5,12H,1,7,11H2. The second-order valence-corrected chi connectivity index (χ2v) is 4.64. The Kier molecular flexibility index (Phi) is 3.66. The summed E-state index contributed by atoms with van der Waals surface area (Å²) in [6, 6.07) is 7.72. The first-order valence-corrected chi connectivity index (χ1v) is 5.77. The molecule has 0 spiro atoms. The SMILES string of the molecule is N#CCCNS(=O)(=O)c1ccc(N)cc1. The zero-order valence-electron chi connectivity index (χ0n) is 7.97. The van der Waals surface area contributed by atoms with Gasteiger partial charge in [0.25, 0.3) is 0 Å². The molecular formula is C9H11N3O2S. The first kappa shape index (κ1) is 11.5. The Hall–Kier alpha value is -1.58. The van der Waals surface area contributed by atoms with E-state index in [9.17, 15) is 8.42 Å². The summed E-state index contributed by atoms with van der Waals surface area (Å²) >= 11 is 0. The van der Waals surface area contributed by atoms with Gasteiger partial charge in [-0.25, -0.2) is 13.1 Å². The largest absolute Gasteiger partial charge is 0.399 e. The molecule has 1 rings (SSSR count). The van der Waals surface area contributed by atoms with Crippen molar-refractivity contribution in [3.63, 3.8) is 0 Å². The minimum atomic E-state index is -3.51. The molecule has 1 aromatic rings. The quantitative estimate of drug-likeness (QED) is 0.574. The number of anilines is 1. The van der Waals surface area contributed by atoms with Crippen LogP contribution in [0.1, 0.15) is 6.42 Å². The summed E-state index contributed by atoms with van der Waals surface area (Å²) in [5, 5.41) is 8.27. The summed E-state index contributed by atoms with van der Waals surface area (Å²) < 4.78 is 25.4. The third-order valence-corrected chi connectivity index (χ3v) is 3.20. The molecule has 15 heavy (non-hydrogen) atoms. The summed E-state index contributed by atoms with van der Waals surface area (Å²) in [6.45, 7) is 0.114. The van der Waals surface area contributed by atoms with Crippen LogP contribution in [0.4, 0.5) is 5.69 Å². The van der Waals surface area contributed by atoms with Crippen molar-refractivity contribution in [1.82, 2.24) is 4.72 Å². The van der Waals surface area contributed by atoms with E-state index in [-0.39, 0.29) is 17.9 Å². The van der Waals surface area contributed by atoms with Crippen LogP contribution in [0, 0.1) is 11.3 Å². The number of nitrogens with zero attached hydrogens (tertiary/aromatic N) is 1. The van der Waals surface area contributed by atoms with Crippen molar-refractivity contribution in [3.8, 4) is 6.07 Å². The fraction of sp³-hybridized carbons (Fsp3) is 0.222. The lowest BCUT2D eigenvalue weighted by Gasteiger charge is -2.04. The first-order chi connectivity index (χ1) is 7.06. The average Bonchev–Trinajstić information content (AvgIpc) is 2.18. The first-order valence-electron chi connectivity index (χ1n) is 4.28. The topological polar surface area (TPSA) is 96.0 Å². The summed E-state index contributed by atoms with van der Waals surface area (Å²) in [6.07, 6.45) is 0.147. The maximum absolute atomic E-state index is 11.6. The molecule has 0 aliphatic rings. The second kappa shape index (κ2) is 4.77. The number of nitriles is 1. The Bertz CT molecular complexity index is 459. The zero-order valence-corrected chi connectivity index (χ0v) is 8.79. The molecule has 0 aliphatic carbocycles. The molecule has 3 N–H and O–H groups in total. The molecule has 0 fully saturated rings. The summed E-state index contributed by atoms with van der Waals surface area (Å²) in [7, 11) is -3.51. The van der Waals surface area contributed by atoms with Crippen molar-refractivity contribution in [2.75, 3.05) is 12.3 Å². The van der Waals surface area contributed by atoms with Crippen LogP contribution in [0.2, 0.25) is 0 Å². The van der Waals surface area contributed by atoms with Gasteiger partial charge in [-0.3, -0.25) is 0 Å². The van der Waals surface area contributed by atoms with Crippen LogP contribution in [0.15, 0.2) is 29.2 Å². The molecule has 0 saturated heterocycles. The number of benzene rings is 1. The predicted octanol–water partition coefficient (Wildman–Crippen LogP) is 0.461. The third kappa shape index (κ3) is 3.23. The third-order valence-electron chi connectivity index (χ3n) is 1.72. The maximum Gasteiger partial charge on any atom is 0.240 e. The number of hydrogen-bond acceptors (Lipinski definition) is 4. The predicted molar refractivity (Wildman–Crippen MR) is 56.3 cm³/mol. The molecule has 0 unspecified atom stereocenters. The highest BCUT2D eigenvalue weighted by atomic mass is 32.2. The zero-order chi connectivity index (χ0) is 11.3. The Morgan fingerprint density at radius 2 is 1.93 bits per heavy atom. The van der Waals surface area contributed by atoms with Gasteiger partial charge >= 0.3 is 0 Å². The van der Waals surface area contributed by atoms with E-state index in [4.69, 9.17) is 11.0 Å². The van der Waals surface area contributed by atoms with Gasteiger partial charge in [0.2, 0.25) is 10.0 Å². The number of nitrogens with two attached hydrogens (primary N) is 1. The van der Waals surface area contributed by atoms with E-state index < -0.39 is 10.0 Å². The summed E-state index contributed by atoms with van der Waals surface area (Å²) in [5.41, 5.74) is 5.94. The Morgan fingerprint density at radius 3 is 2.47 bits per heavy atom. The highest BCUT2D eigenvalue weighted by Crippen LogP contribution is 2.10. The molecular weight excluding hydrogens is 214 g/mol. The van der Waals surface area contributed by atoms with Gasteiger partial charge < -0.3 is 5.73 Å². The second-order valence-electron chi connectivity index (χ2n) is 2.87. The molecule has 6 heteroatoms. The van der Waals surface area contributed by atoms with E-state index in [0.717, 1.165) is 0 Å². The number of hydrogen-bond donors (Lipinski definition) is 2. The Balaban J connectivity index is 2.79. The molecule has 0 radical (unpaired) electrons. The van der Waals surface area contributed by atoms with Crippen molar-refractivity contribution < 1.29 is 8.42 Å². The van der Waals surface area contributed by atoms with Crippen LogP contribution >= 0.6 is 0 Å². The number of nitrogen functional groups attached to an aromatic ring is 1. The van der Waals surface area contributed by atoms with Crippen molar-refractivity contribution >= 4 is 15.7 Å². The van der Waals surface area contributed by atoms with E-state index in [1.54, 1.807) is 0 Å². The molecule has 0 saturated carbocycles. The fourth-order valence-corrected chi connectivity index (χ4v) is 2.00. The summed E-state index contributed by atoms with van der Waals surface area (Å²) in [5.74, 6) is 0. The highest BCUT2D eigenvalue weighted by molar-refractivity contribution is 7.89. The lowest BCUT2D eigenvalue weighted by Crippen LogP contribution is -2.24. The van der Waals surface area contributed by atoms with Crippen molar-refractivity contribution in [3.05, 3.63) is 24.3 Å². The number of nitrogens with one attached hydrogen (secondary N) is 1. The minimum Gasteiger partial charge on any atom is -0.399 e. The van der Waals surface area contributed by atoms with Gasteiger partial charge in [-0.2, -0.15) is 5.26 Å². The molecule has 1 aromatic carbocycles. The van der Waals surface area contributed by atoms with Gasteiger partial charge in [0.1, 0.15) is 0 Å². The van der Waals surface area contributed by atoms with E-state index in [1.807, 2.05) is 6.07 Å². The van der Waals surface area contributed by atoms with Gasteiger partial charge in [0, 0.05) is 18.7 Å². The molecule has 5 nitrogen and oxygen atoms in total. The van der Waals surface area contributed by atoms with Gasteiger partial charge in [-0.15, -0.1) is 0 Å². The van der Waals surface area contributed by atoms with Crippen LogP contribution in [-0.4, -0.2) is 15.0 Å². The van der Waals surface area contributed by atoms with Gasteiger partial charge in [-0.05, 0) is 24.3 Å². The van der Waals surface area contributed by atoms with Crippen LogP contribution < -0.4 is 10.5 Å². The number of sulfonamides is 1. The van der Waals surface area contributed by atoms with Crippen LogP contribution in [-0.2, 0) is 10.0 Å². The molecule has 80 valence electrons. The van der Waals surface area contributed by atoms with Crippen LogP contribution in [0.25, 0.3) is 0 Å². The van der Waals surface area contributed by atoms with E-state index in [1.165, 1.54) is 24.3 Å². The van der Waals surface area contributed by atoms with E-state index in [0.29, 0.717) is 5.69 Å².